The van der Waals surface area contributed by atoms with Crippen LogP contribution in [-0.4, -0.2) is 33.8 Å². The smallest absolute Gasteiger partial charge is 0.341 e. The molecule has 33 heavy (non-hydrogen) atoms. The lowest BCUT2D eigenvalue weighted by Crippen LogP contribution is -3.00. The zero-order valence-electron chi connectivity index (χ0n) is 19.3. The highest BCUT2D eigenvalue weighted by molar-refractivity contribution is 5.70. The maximum absolute atomic E-state index is 6.01. The number of aromatic nitrogens is 2. The standard InChI is InChI=1S/C25H31N5O2.ClH/c1-17-8-10-19(11-9-17)6-3-4-15-31-22-13-12-20(16-18(22)2)23-28-24(32-29-23)21-7-5-14-30(21)25(26)27;/h8-13,16,21H,3-7,14-15H2,1-2H3,(H3,26,27);1H/t21-;/m0./s1. The van der Waals surface area contributed by atoms with Crippen LogP contribution in [0.25, 0.3) is 11.4 Å². The number of nitrogens with two attached hydrogens (primary N) is 2. The zero-order chi connectivity index (χ0) is 22.5. The molecule has 1 atom stereocenters. The quantitative estimate of drug-likeness (QED) is 0.288. The maximum atomic E-state index is 6.01. The average Bonchev–Trinajstić information content (AvgIpc) is 3.45. The van der Waals surface area contributed by atoms with Crippen LogP contribution in [0.2, 0.25) is 0 Å². The van der Waals surface area contributed by atoms with Gasteiger partial charge in [0.05, 0.1) is 13.2 Å². The van der Waals surface area contributed by atoms with Crippen molar-refractivity contribution in [2.45, 2.75) is 52.0 Å². The molecule has 4 N–H and O–H groups in total. The van der Waals surface area contributed by atoms with Crippen LogP contribution in [-0.2, 0) is 6.42 Å². The van der Waals surface area contributed by atoms with E-state index in [-0.39, 0.29) is 18.4 Å². The van der Waals surface area contributed by atoms with Gasteiger partial charge in [0.1, 0.15) is 5.75 Å². The van der Waals surface area contributed by atoms with Crippen molar-refractivity contribution in [3.8, 4) is 17.1 Å². The largest absolute Gasteiger partial charge is 1.00 e. The number of halogens is 1. The van der Waals surface area contributed by atoms with Crippen LogP contribution >= 0.6 is 0 Å². The van der Waals surface area contributed by atoms with Crippen LogP contribution in [0, 0.1) is 13.8 Å². The molecule has 1 aromatic heterocycles. The molecule has 0 amide bonds. The number of hydrogen-bond acceptors (Lipinski definition) is 4. The van der Waals surface area contributed by atoms with Crippen molar-refractivity contribution in [2.24, 2.45) is 11.5 Å². The third-order valence-electron chi connectivity index (χ3n) is 5.98. The van der Waals surface area contributed by atoms with Crippen LogP contribution in [0.1, 0.15) is 54.3 Å². The summed E-state index contributed by atoms with van der Waals surface area (Å²) in [5.74, 6) is 2.30. The van der Waals surface area contributed by atoms with Gasteiger partial charge in [-0.15, -0.1) is 0 Å². The number of guanidine groups is 1. The summed E-state index contributed by atoms with van der Waals surface area (Å²) in [5.41, 5.74) is 16.2. The zero-order valence-corrected chi connectivity index (χ0v) is 20.0. The number of benzene rings is 2. The predicted molar refractivity (Wildman–Crippen MR) is 125 cm³/mol. The van der Waals surface area contributed by atoms with E-state index in [1.165, 1.54) is 11.1 Å². The Morgan fingerprint density at radius 2 is 1.91 bits per heavy atom. The monoisotopic (exact) mass is 469 g/mol. The van der Waals surface area contributed by atoms with E-state index >= 15 is 0 Å². The van der Waals surface area contributed by atoms with Gasteiger partial charge in [-0.1, -0.05) is 35.0 Å². The molecule has 7 nitrogen and oxygen atoms in total. The molecule has 0 saturated carbocycles. The normalized spacial score (nSPS) is 15.3. The minimum absolute atomic E-state index is 0. The van der Waals surface area contributed by atoms with Crippen molar-refractivity contribution < 1.29 is 26.2 Å². The second-order valence-electron chi connectivity index (χ2n) is 8.50. The predicted octanol–water partition coefficient (Wildman–Crippen LogP) is 0.880. The van der Waals surface area contributed by atoms with E-state index in [9.17, 15) is 0 Å². The van der Waals surface area contributed by atoms with E-state index in [2.05, 4.69) is 41.3 Å². The molecule has 2 heterocycles. The lowest BCUT2D eigenvalue weighted by molar-refractivity contribution is -0.555. The first-order valence-electron chi connectivity index (χ1n) is 11.3. The van der Waals surface area contributed by atoms with E-state index in [0.29, 0.717) is 24.3 Å². The summed E-state index contributed by atoms with van der Waals surface area (Å²) in [6.45, 7) is 5.66. The molecule has 1 aliphatic rings. The number of nitrogens with zero attached hydrogens (tertiary/aromatic N) is 3. The van der Waals surface area contributed by atoms with Crippen molar-refractivity contribution in [1.82, 2.24) is 10.1 Å². The van der Waals surface area contributed by atoms with Gasteiger partial charge in [-0.3, -0.25) is 16.0 Å². The fourth-order valence-electron chi connectivity index (χ4n) is 4.14. The van der Waals surface area contributed by atoms with Crippen molar-refractivity contribution in [3.05, 3.63) is 65.0 Å². The summed E-state index contributed by atoms with van der Waals surface area (Å²) in [4.78, 5) is 4.60. The Labute approximate surface area is 201 Å². The Balaban J connectivity index is 0.00000306. The lowest BCUT2D eigenvalue weighted by Gasteiger charge is -2.10. The first-order chi connectivity index (χ1) is 15.5. The van der Waals surface area contributed by atoms with Gasteiger partial charge in [-0.25, -0.2) is 0 Å². The number of aryl methyl sites for hydroxylation is 3. The lowest BCUT2D eigenvalue weighted by atomic mass is 10.1. The summed E-state index contributed by atoms with van der Waals surface area (Å²) in [7, 11) is 0. The third-order valence-corrected chi connectivity index (χ3v) is 5.98. The van der Waals surface area contributed by atoms with Gasteiger partial charge in [0.25, 0.3) is 5.89 Å². The molecular formula is C25H32ClN5O2. The molecule has 3 aromatic rings. The van der Waals surface area contributed by atoms with Crippen LogP contribution in [0.3, 0.4) is 0 Å². The number of unbranched alkanes of at least 4 members (excludes halogenated alkanes) is 1. The van der Waals surface area contributed by atoms with Gasteiger partial charge in [-0.2, -0.15) is 4.98 Å². The Morgan fingerprint density at radius 1 is 1.12 bits per heavy atom. The molecule has 1 aliphatic heterocycles. The molecule has 1 saturated heterocycles. The van der Waals surface area contributed by atoms with Gasteiger partial charge >= 0.3 is 5.96 Å². The highest BCUT2D eigenvalue weighted by Gasteiger charge is 2.31. The van der Waals surface area contributed by atoms with Crippen LogP contribution in [0.5, 0.6) is 5.75 Å². The summed E-state index contributed by atoms with van der Waals surface area (Å²) in [6.07, 6.45) is 5.09. The molecular weight excluding hydrogens is 438 g/mol. The van der Waals surface area contributed by atoms with Gasteiger partial charge in [0.15, 0.2) is 6.04 Å². The number of rotatable bonds is 8. The molecule has 1 fully saturated rings. The Bertz CT molecular complexity index is 1090. The van der Waals surface area contributed by atoms with E-state index in [0.717, 1.165) is 55.5 Å². The molecule has 176 valence electrons. The van der Waals surface area contributed by atoms with Crippen molar-refractivity contribution in [2.75, 3.05) is 13.2 Å². The highest BCUT2D eigenvalue weighted by atomic mass is 35.5. The summed E-state index contributed by atoms with van der Waals surface area (Å²) in [6, 6.07) is 14.7. The topological polar surface area (TPSA) is 103 Å². The minimum Gasteiger partial charge on any atom is -1.00 e. The SMILES string of the molecule is Cc1ccc(CCCCOc2ccc(-c3noc([C@@H]4CCC[N+]4=C(N)N)n3)cc2C)cc1.[Cl-]. The molecule has 0 radical (unpaired) electrons. The van der Waals surface area contributed by atoms with Crippen LogP contribution < -0.4 is 28.6 Å². The maximum Gasteiger partial charge on any atom is 0.341 e. The van der Waals surface area contributed by atoms with Gasteiger partial charge < -0.3 is 21.7 Å². The molecule has 2 aromatic carbocycles. The highest BCUT2D eigenvalue weighted by Crippen LogP contribution is 2.30. The molecule has 0 unspecified atom stereocenters. The van der Waals surface area contributed by atoms with E-state index in [1.54, 1.807) is 0 Å². The summed E-state index contributed by atoms with van der Waals surface area (Å²) < 4.78 is 13.5. The third kappa shape index (κ3) is 6.05. The fraction of sp³-hybridized carbons (Fsp3) is 0.400. The summed E-state index contributed by atoms with van der Waals surface area (Å²) >= 11 is 0. The second kappa shape index (κ2) is 11.2. The van der Waals surface area contributed by atoms with E-state index in [4.69, 9.17) is 20.7 Å². The van der Waals surface area contributed by atoms with Gasteiger partial charge in [0, 0.05) is 5.56 Å². The van der Waals surface area contributed by atoms with Gasteiger partial charge in [0.2, 0.25) is 5.82 Å². The van der Waals surface area contributed by atoms with Crippen LogP contribution in [0.15, 0.2) is 47.0 Å². The second-order valence-corrected chi connectivity index (χ2v) is 8.50. The first-order valence-corrected chi connectivity index (χ1v) is 11.3. The molecule has 0 spiro atoms. The minimum atomic E-state index is -0.0511. The Kier molecular flexibility index (Phi) is 8.33. The molecule has 0 bridgehead atoms. The van der Waals surface area contributed by atoms with Crippen LogP contribution in [0.4, 0.5) is 0 Å². The van der Waals surface area contributed by atoms with E-state index in [1.807, 2.05) is 29.7 Å². The Hall–Kier alpha value is -3.06. The molecule has 4 rings (SSSR count). The molecule has 8 heteroatoms. The van der Waals surface area contributed by atoms with Crippen molar-refractivity contribution in [1.29, 1.82) is 0 Å². The Morgan fingerprint density at radius 3 is 2.64 bits per heavy atom. The van der Waals surface area contributed by atoms with E-state index < -0.39 is 0 Å². The average molecular weight is 470 g/mol. The van der Waals surface area contributed by atoms with Gasteiger partial charge in [-0.05, 0) is 75.3 Å². The molecule has 0 aliphatic carbocycles. The fourth-order valence-corrected chi connectivity index (χ4v) is 4.14. The summed E-state index contributed by atoms with van der Waals surface area (Å²) in [5, 5.41) is 4.17. The number of ether oxygens (including phenoxy) is 1. The first kappa shape index (κ1) is 24.6. The van der Waals surface area contributed by atoms with Crippen molar-refractivity contribution >= 4 is 5.96 Å². The number of hydrogen-bond donors (Lipinski definition) is 2. The van der Waals surface area contributed by atoms with Crippen molar-refractivity contribution in [3.63, 3.8) is 0 Å².